The summed E-state index contributed by atoms with van der Waals surface area (Å²) in [5, 5.41) is 6.42. The van der Waals surface area contributed by atoms with Crippen molar-refractivity contribution in [2.45, 2.75) is 72.1 Å². The molecule has 1 saturated heterocycles. The minimum absolute atomic E-state index is 0.0211. The molecule has 1 aliphatic heterocycles. The van der Waals surface area contributed by atoms with Crippen LogP contribution in [0.5, 0.6) is 0 Å². The first-order valence-electron chi connectivity index (χ1n) is 11.7. The van der Waals surface area contributed by atoms with Crippen molar-refractivity contribution in [3.63, 3.8) is 0 Å². The highest BCUT2D eigenvalue weighted by Crippen LogP contribution is 2.17. The maximum absolute atomic E-state index is 12.2. The number of hydrogen-bond acceptors (Lipinski definition) is 5. The van der Waals surface area contributed by atoms with Crippen LogP contribution in [0, 0.1) is 5.92 Å². The monoisotopic (exact) mass is 446 g/mol. The standard InChI is InChI=1S/C24H42N6O2/c1-18(2)20(28-23(31)32-24(3,4)5)12-15-29(7)22(25-6)27-17-19-10-11-21(26-16-19)30-13-8-9-14-30/h10-11,16,18,20H,8-9,12-15,17H2,1-7H3,(H,25,27)(H,28,31). The Kier molecular flexibility index (Phi) is 9.60. The average Bonchev–Trinajstić information content (AvgIpc) is 3.25. The largest absolute Gasteiger partial charge is 0.444 e. The molecule has 0 bridgehead atoms. The van der Waals surface area contributed by atoms with E-state index in [9.17, 15) is 4.79 Å². The van der Waals surface area contributed by atoms with Gasteiger partial charge in [0, 0.05) is 52.5 Å². The fraction of sp³-hybridized carbons (Fsp3) is 0.708. The van der Waals surface area contributed by atoms with Gasteiger partial charge in [-0.25, -0.2) is 9.78 Å². The minimum atomic E-state index is -0.504. The number of nitrogens with one attached hydrogen (secondary N) is 2. The second-order valence-corrected chi connectivity index (χ2v) is 9.83. The molecule has 2 rings (SSSR count). The number of hydrogen-bond donors (Lipinski definition) is 2. The Hall–Kier alpha value is -2.51. The predicted molar refractivity (Wildman–Crippen MR) is 131 cm³/mol. The van der Waals surface area contributed by atoms with E-state index in [-0.39, 0.29) is 12.1 Å². The summed E-state index contributed by atoms with van der Waals surface area (Å²) in [4.78, 5) is 25.6. The van der Waals surface area contributed by atoms with Crippen LogP contribution in [0.2, 0.25) is 0 Å². The number of amides is 1. The molecule has 2 N–H and O–H groups in total. The van der Waals surface area contributed by atoms with Gasteiger partial charge in [-0.3, -0.25) is 4.99 Å². The second kappa shape index (κ2) is 11.9. The van der Waals surface area contributed by atoms with Crippen LogP contribution in [0.3, 0.4) is 0 Å². The van der Waals surface area contributed by atoms with Crippen LogP contribution in [0.1, 0.15) is 59.4 Å². The number of carbonyl (C=O) groups is 1. The van der Waals surface area contributed by atoms with E-state index in [1.807, 2.05) is 34.0 Å². The van der Waals surface area contributed by atoms with Gasteiger partial charge in [0.05, 0.1) is 0 Å². The molecule has 1 aromatic rings. The van der Waals surface area contributed by atoms with Gasteiger partial charge in [-0.1, -0.05) is 19.9 Å². The van der Waals surface area contributed by atoms with Gasteiger partial charge in [0.2, 0.25) is 0 Å². The van der Waals surface area contributed by atoms with Gasteiger partial charge in [-0.05, 0) is 57.6 Å². The highest BCUT2D eigenvalue weighted by molar-refractivity contribution is 5.79. The van der Waals surface area contributed by atoms with Crippen LogP contribution in [0.4, 0.5) is 10.6 Å². The molecule has 0 aliphatic carbocycles. The topological polar surface area (TPSA) is 82.1 Å². The molecule has 1 aliphatic rings. The van der Waals surface area contributed by atoms with E-state index < -0.39 is 5.60 Å². The van der Waals surface area contributed by atoms with Crippen LogP contribution in [-0.4, -0.2) is 67.3 Å². The van der Waals surface area contributed by atoms with E-state index in [2.05, 4.69) is 56.4 Å². The van der Waals surface area contributed by atoms with Crippen molar-refractivity contribution in [2.75, 3.05) is 38.6 Å². The summed E-state index contributed by atoms with van der Waals surface area (Å²) in [6.45, 7) is 13.4. The molecule has 0 spiro atoms. The third-order valence-electron chi connectivity index (χ3n) is 5.55. The van der Waals surface area contributed by atoms with Crippen molar-refractivity contribution in [1.82, 2.24) is 20.5 Å². The summed E-state index contributed by atoms with van der Waals surface area (Å²) in [5.41, 5.74) is 0.616. The quantitative estimate of drug-likeness (QED) is 0.469. The molecule has 8 heteroatoms. The van der Waals surface area contributed by atoms with Gasteiger partial charge < -0.3 is 25.2 Å². The summed E-state index contributed by atoms with van der Waals surface area (Å²) in [6, 6.07) is 4.25. The van der Waals surface area contributed by atoms with Crippen LogP contribution >= 0.6 is 0 Å². The predicted octanol–water partition coefficient (Wildman–Crippen LogP) is 3.63. The maximum atomic E-state index is 12.2. The molecule has 1 atom stereocenters. The SMILES string of the molecule is CN=C(NCc1ccc(N2CCCC2)nc1)N(C)CCC(NC(=O)OC(C)(C)C)C(C)C. The molecule has 32 heavy (non-hydrogen) atoms. The van der Waals surface area contributed by atoms with Gasteiger partial charge in [0.25, 0.3) is 0 Å². The molecule has 1 fully saturated rings. The fourth-order valence-electron chi connectivity index (χ4n) is 3.69. The molecule has 0 radical (unpaired) electrons. The van der Waals surface area contributed by atoms with E-state index in [0.29, 0.717) is 12.5 Å². The number of ether oxygens (including phenoxy) is 1. The molecule has 8 nitrogen and oxygen atoms in total. The van der Waals surface area contributed by atoms with Gasteiger partial charge in [-0.15, -0.1) is 0 Å². The lowest BCUT2D eigenvalue weighted by molar-refractivity contribution is 0.0486. The molecule has 0 aromatic carbocycles. The first-order valence-corrected chi connectivity index (χ1v) is 11.7. The minimum Gasteiger partial charge on any atom is -0.444 e. The average molecular weight is 447 g/mol. The Morgan fingerprint density at radius 1 is 1.28 bits per heavy atom. The number of aliphatic imine (C=N–C) groups is 1. The van der Waals surface area contributed by atoms with Gasteiger partial charge in [0.1, 0.15) is 11.4 Å². The van der Waals surface area contributed by atoms with Crippen molar-refractivity contribution in [3.05, 3.63) is 23.9 Å². The zero-order valence-corrected chi connectivity index (χ0v) is 20.9. The number of guanidine groups is 1. The van der Waals surface area contributed by atoms with E-state index in [1.165, 1.54) is 12.8 Å². The van der Waals surface area contributed by atoms with E-state index in [0.717, 1.165) is 43.4 Å². The van der Waals surface area contributed by atoms with Crippen molar-refractivity contribution < 1.29 is 9.53 Å². The van der Waals surface area contributed by atoms with Crippen molar-refractivity contribution in [2.24, 2.45) is 10.9 Å². The lowest BCUT2D eigenvalue weighted by Crippen LogP contribution is -2.45. The number of alkyl carbamates (subject to hydrolysis) is 1. The fourth-order valence-corrected chi connectivity index (χ4v) is 3.69. The van der Waals surface area contributed by atoms with E-state index >= 15 is 0 Å². The number of carbonyl (C=O) groups excluding carboxylic acids is 1. The van der Waals surface area contributed by atoms with Crippen LogP contribution in [0.25, 0.3) is 0 Å². The summed E-state index contributed by atoms with van der Waals surface area (Å²) in [6.07, 6.45) is 4.86. The number of rotatable bonds is 8. The lowest BCUT2D eigenvalue weighted by atomic mass is 10.0. The summed E-state index contributed by atoms with van der Waals surface area (Å²) in [7, 11) is 3.79. The molecule has 1 unspecified atom stereocenters. The summed E-state index contributed by atoms with van der Waals surface area (Å²) < 4.78 is 5.41. The van der Waals surface area contributed by atoms with Gasteiger partial charge in [-0.2, -0.15) is 0 Å². The maximum Gasteiger partial charge on any atom is 0.407 e. The Morgan fingerprint density at radius 3 is 2.50 bits per heavy atom. The zero-order valence-electron chi connectivity index (χ0n) is 20.9. The Morgan fingerprint density at radius 2 is 1.97 bits per heavy atom. The van der Waals surface area contributed by atoms with Gasteiger partial charge >= 0.3 is 6.09 Å². The Bertz CT molecular complexity index is 736. The molecule has 1 aromatic heterocycles. The van der Waals surface area contributed by atoms with Crippen LogP contribution in [0.15, 0.2) is 23.3 Å². The molecular weight excluding hydrogens is 404 g/mol. The van der Waals surface area contributed by atoms with Crippen molar-refractivity contribution in [3.8, 4) is 0 Å². The first-order chi connectivity index (χ1) is 15.1. The number of anilines is 1. The molecule has 180 valence electrons. The molecular formula is C24H42N6O2. The smallest absolute Gasteiger partial charge is 0.407 e. The normalized spacial score (nSPS) is 15.6. The van der Waals surface area contributed by atoms with Crippen molar-refractivity contribution in [1.29, 1.82) is 0 Å². The molecule has 2 heterocycles. The highest BCUT2D eigenvalue weighted by Gasteiger charge is 2.22. The number of pyridine rings is 1. The summed E-state index contributed by atoms with van der Waals surface area (Å²) >= 11 is 0. The highest BCUT2D eigenvalue weighted by atomic mass is 16.6. The van der Waals surface area contributed by atoms with Crippen LogP contribution in [-0.2, 0) is 11.3 Å². The molecule has 1 amide bonds. The number of nitrogens with zero attached hydrogens (tertiary/aromatic N) is 4. The third-order valence-corrected chi connectivity index (χ3v) is 5.55. The van der Waals surface area contributed by atoms with Crippen molar-refractivity contribution >= 4 is 17.9 Å². The second-order valence-electron chi connectivity index (χ2n) is 9.83. The van der Waals surface area contributed by atoms with Gasteiger partial charge in [0.15, 0.2) is 5.96 Å². The Labute approximate surface area is 193 Å². The molecule has 0 saturated carbocycles. The van der Waals surface area contributed by atoms with Crippen LogP contribution < -0.4 is 15.5 Å². The van der Waals surface area contributed by atoms with E-state index in [1.54, 1.807) is 7.05 Å². The Balaban J connectivity index is 1.83. The summed E-state index contributed by atoms with van der Waals surface area (Å²) in [5.74, 6) is 2.17. The van der Waals surface area contributed by atoms with E-state index in [4.69, 9.17) is 4.74 Å². The zero-order chi connectivity index (χ0) is 23.7. The third kappa shape index (κ3) is 8.55. The lowest BCUT2D eigenvalue weighted by Gasteiger charge is -2.28. The number of aromatic nitrogens is 1. The first kappa shape index (κ1) is 25.7.